The number of unbranched alkanes of at least 4 members (excludes halogenated alkanes) is 1. The van der Waals surface area contributed by atoms with Crippen LogP contribution >= 0.6 is 0 Å². The van der Waals surface area contributed by atoms with Crippen molar-refractivity contribution in [2.24, 2.45) is 5.92 Å². The summed E-state index contributed by atoms with van der Waals surface area (Å²) < 4.78 is 5.36. The zero-order valence-corrected chi connectivity index (χ0v) is 10.2. The molecule has 0 amide bonds. The Bertz CT molecular complexity index is 166. The van der Waals surface area contributed by atoms with Crippen LogP contribution in [0.4, 0.5) is 0 Å². The molecule has 0 aliphatic rings. The fraction of sp³-hybridized carbons (Fsp3) is 0.917. The van der Waals surface area contributed by atoms with E-state index in [1.807, 2.05) is 0 Å². The minimum atomic E-state index is -1.33. The van der Waals surface area contributed by atoms with Crippen molar-refractivity contribution in [3.8, 4) is 0 Å². The number of carbonyl (C=O) groups excluding carboxylic acids is 1. The maximum absolute atomic E-state index is 10.4. The number of ether oxygens (including phenoxy) is 1. The molecule has 90 valence electrons. The van der Waals surface area contributed by atoms with Gasteiger partial charge in [-0.3, -0.25) is 0 Å². The molecule has 0 bridgehead atoms. The lowest BCUT2D eigenvalue weighted by Crippen LogP contribution is -2.33. The second-order valence-electron chi connectivity index (χ2n) is 4.41. The van der Waals surface area contributed by atoms with Crippen molar-refractivity contribution in [2.45, 2.75) is 52.1 Å². The average Bonchev–Trinajstić information content (AvgIpc) is 2.23. The van der Waals surface area contributed by atoms with Crippen molar-refractivity contribution in [3.63, 3.8) is 0 Å². The summed E-state index contributed by atoms with van der Waals surface area (Å²) in [5.41, 5.74) is -1.33. The molecule has 0 aromatic carbocycles. The van der Waals surface area contributed by atoms with E-state index in [1.165, 1.54) is 19.8 Å². The van der Waals surface area contributed by atoms with E-state index in [2.05, 4.69) is 13.8 Å². The predicted molar refractivity (Wildman–Crippen MR) is 60.8 cm³/mol. The summed E-state index contributed by atoms with van der Waals surface area (Å²) in [6.45, 7) is 6.51. The Balaban J connectivity index is 3.67. The number of carbonyl (C=O) groups is 1. The third kappa shape index (κ3) is 7.51. The molecular weight excluding hydrogens is 192 g/mol. The molecule has 0 aromatic heterocycles. The smallest absolute Gasteiger partial charge is 0.153 e. The predicted octanol–water partition coefficient (Wildman–Crippen LogP) is 2.17. The van der Waals surface area contributed by atoms with Gasteiger partial charge in [0, 0.05) is 6.61 Å². The van der Waals surface area contributed by atoms with Gasteiger partial charge in [0.05, 0.1) is 6.61 Å². The standard InChI is InChI=1S/C12H24O3/c1-4-6-7-11(5-2)8-15-10-12(3,14)9-13/h9,11,14H,4-8,10H2,1-3H3. The molecular formula is C12H24O3. The summed E-state index contributed by atoms with van der Waals surface area (Å²) in [5.74, 6) is 0.549. The van der Waals surface area contributed by atoms with Gasteiger partial charge in [0.25, 0.3) is 0 Å². The Morgan fingerprint density at radius 2 is 2.13 bits per heavy atom. The summed E-state index contributed by atoms with van der Waals surface area (Å²) in [6.07, 6.45) is 5.19. The number of aliphatic hydroxyl groups is 1. The van der Waals surface area contributed by atoms with Crippen LogP contribution in [-0.2, 0) is 9.53 Å². The number of rotatable bonds is 9. The molecule has 2 atom stereocenters. The first-order valence-corrected chi connectivity index (χ1v) is 5.82. The van der Waals surface area contributed by atoms with Crippen LogP contribution in [0.5, 0.6) is 0 Å². The van der Waals surface area contributed by atoms with E-state index in [0.29, 0.717) is 18.8 Å². The molecule has 15 heavy (non-hydrogen) atoms. The monoisotopic (exact) mass is 216 g/mol. The highest BCUT2D eigenvalue weighted by Crippen LogP contribution is 2.13. The molecule has 1 N–H and O–H groups in total. The van der Waals surface area contributed by atoms with E-state index in [9.17, 15) is 9.90 Å². The second-order valence-corrected chi connectivity index (χ2v) is 4.41. The van der Waals surface area contributed by atoms with Crippen LogP contribution in [0.1, 0.15) is 46.5 Å². The van der Waals surface area contributed by atoms with Crippen LogP contribution < -0.4 is 0 Å². The van der Waals surface area contributed by atoms with Crippen molar-refractivity contribution < 1.29 is 14.6 Å². The van der Waals surface area contributed by atoms with Crippen LogP contribution in [0.2, 0.25) is 0 Å². The Morgan fingerprint density at radius 1 is 1.47 bits per heavy atom. The van der Waals surface area contributed by atoms with Crippen molar-refractivity contribution in [1.29, 1.82) is 0 Å². The molecule has 3 nitrogen and oxygen atoms in total. The molecule has 0 radical (unpaired) electrons. The van der Waals surface area contributed by atoms with Gasteiger partial charge in [-0.1, -0.05) is 33.1 Å². The second kappa shape index (κ2) is 7.83. The maximum Gasteiger partial charge on any atom is 0.153 e. The van der Waals surface area contributed by atoms with Gasteiger partial charge < -0.3 is 14.6 Å². The lowest BCUT2D eigenvalue weighted by molar-refractivity contribution is -0.129. The first-order chi connectivity index (χ1) is 7.05. The van der Waals surface area contributed by atoms with E-state index in [1.54, 1.807) is 0 Å². The van der Waals surface area contributed by atoms with Gasteiger partial charge in [0.2, 0.25) is 0 Å². The Hall–Kier alpha value is -0.410. The molecule has 0 aromatic rings. The third-order valence-corrected chi connectivity index (χ3v) is 2.55. The summed E-state index contributed by atoms with van der Waals surface area (Å²) in [4.78, 5) is 10.4. The minimum absolute atomic E-state index is 0.0964. The zero-order chi connectivity index (χ0) is 11.7. The van der Waals surface area contributed by atoms with Gasteiger partial charge in [0.1, 0.15) is 5.60 Å². The minimum Gasteiger partial charge on any atom is -0.380 e. The van der Waals surface area contributed by atoms with Gasteiger partial charge in [-0.25, -0.2) is 0 Å². The molecule has 0 saturated heterocycles. The molecule has 0 heterocycles. The van der Waals surface area contributed by atoms with E-state index < -0.39 is 5.60 Å². The van der Waals surface area contributed by atoms with Gasteiger partial charge in [0.15, 0.2) is 6.29 Å². The van der Waals surface area contributed by atoms with Crippen LogP contribution in [0.3, 0.4) is 0 Å². The largest absolute Gasteiger partial charge is 0.380 e. The van der Waals surface area contributed by atoms with E-state index in [0.717, 1.165) is 12.8 Å². The molecule has 2 unspecified atom stereocenters. The fourth-order valence-electron chi connectivity index (χ4n) is 1.36. The van der Waals surface area contributed by atoms with Gasteiger partial charge in [-0.2, -0.15) is 0 Å². The highest BCUT2D eigenvalue weighted by atomic mass is 16.5. The highest BCUT2D eigenvalue weighted by molar-refractivity contribution is 5.61. The summed E-state index contributed by atoms with van der Waals surface area (Å²) >= 11 is 0. The normalized spacial score (nSPS) is 17.1. The number of hydrogen-bond acceptors (Lipinski definition) is 3. The Morgan fingerprint density at radius 3 is 2.60 bits per heavy atom. The molecule has 0 spiro atoms. The van der Waals surface area contributed by atoms with Crippen molar-refractivity contribution >= 4 is 6.29 Å². The van der Waals surface area contributed by atoms with Gasteiger partial charge >= 0.3 is 0 Å². The fourth-order valence-corrected chi connectivity index (χ4v) is 1.36. The van der Waals surface area contributed by atoms with E-state index in [4.69, 9.17) is 4.74 Å². The van der Waals surface area contributed by atoms with Crippen LogP contribution in [-0.4, -0.2) is 30.2 Å². The van der Waals surface area contributed by atoms with Gasteiger partial charge in [-0.15, -0.1) is 0 Å². The molecule has 0 aliphatic carbocycles. The van der Waals surface area contributed by atoms with E-state index >= 15 is 0 Å². The Kier molecular flexibility index (Phi) is 7.61. The Labute approximate surface area is 92.8 Å². The lowest BCUT2D eigenvalue weighted by atomic mass is 10.0. The first kappa shape index (κ1) is 14.6. The summed E-state index contributed by atoms with van der Waals surface area (Å²) in [6, 6.07) is 0. The SMILES string of the molecule is CCCCC(CC)COCC(C)(O)C=O. The lowest BCUT2D eigenvalue weighted by Gasteiger charge is -2.19. The van der Waals surface area contributed by atoms with Crippen molar-refractivity contribution in [2.75, 3.05) is 13.2 Å². The van der Waals surface area contributed by atoms with Crippen LogP contribution in [0.25, 0.3) is 0 Å². The van der Waals surface area contributed by atoms with Crippen molar-refractivity contribution in [3.05, 3.63) is 0 Å². The average molecular weight is 216 g/mol. The third-order valence-electron chi connectivity index (χ3n) is 2.55. The molecule has 0 saturated carbocycles. The van der Waals surface area contributed by atoms with Crippen LogP contribution in [0.15, 0.2) is 0 Å². The molecule has 0 fully saturated rings. The van der Waals surface area contributed by atoms with E-state index in [-0.39, 0.29) is 6.61 Å². The highest BCUT2D eigenvalue weighted by Gasteiger charge is 2.19. The number of hydrogen-bond donors (Lipinski definition) is 1. The maximum atomic E-state index is 10.4. The van der Waals surface area contributed by atoms with Crippen LogP contribution in [0, 0.1) is 5.92 Å². The quantitative estimate of drug-likeness (QED) is 0.601. The molecule has 3 heteroatoms. The topological polar surface area (TPSA) is 46.5 Å². The first-order valence-electron chi connectivity index (χ1n) is 5.82. The summed E-state index contributed by atoms with van der Waals surface area (Å²) in [7, 11) is 0. The number of aldehydes is 1. The summed E-state index contributed by atoms with van der Waals surface area (Å²) in [5, 5.41) is 9.39. The molecule has 0 rings (SSSR count). The molecule has 0 aliphatic heterocycles. The van der Waals surface area contributed by atoms with Crippen molar-refractivity contribution in [1.82, 2.24) is 0 Å². The van der Waals surface area contributed by atoms with Gasteiger partial charge in [-0.05, 0) is 19.3 Å². The zero-order valence-electron chi connectivity index (χ0n) is 10.2.